The van der Waals surface area contributed by atoms with Crippen LogP contribution in [0.25, 0.3) is 11.1 Å². The number of carbonyl (C=O) groups excluding carboxylic acids is 1. The second-order valence-corrected chi connectivity index (χ2v) is 9.78. The Labute approximate surface area is 233 Å². The van der Waals surface area contributed by atoms with Crippen LogP contribution in [-0.4, -0.2) is 27.8 Å². The summed E-state index contributed by atoms with van der Waals surface area (Å²) >= 11 is 0. The van der Waals surface area contributed by atoms with Crippen molar-refractivity contribution in [2.75, 3.05) is 10.3 Å². The summed E-state index contributed by atoms with van der Waals surface area (Å²) in [6.07, 6.45) is -4.62. The number of phenolic OH excluding ortho intramolecular Hbond substituents is 1. The summed E-state index contributed by atoms with van der Waals surface area (Å²) in [5.41, 5.74) is 4.13. The first-order chi connectivity index (χ1) is 19.5. The van der Waals surface area contributed by atoms with Crippen LogP contribution < -0.4 is 10.3 Å². The fraction of sp³-hybridized carbons (Fsp3) is 0.129. The fourth-order valence-electron chi connectivity index (χ4n) is 4.60. The number of fused-ring (bicyclic) bond motifs is 1. The molecule has 0 saturated carbocycles. The molecule has 1 aliphatic heterocycles. The lowest BCUT2D eigenvalue weighted by Gasteiger charge is -2.19. The number of alkyl halides is 3. The highest BCUT2D eigenvalue weighted by atomic mass is 19.4. The number of carboxylic acid groups (broad SMARTS) is 1. The van der Waals surface area contributed by atoms with Crippen LogP contribution in [0.15, 0.2) is 90.0 Å². The summed E-state index contributed by atoms with van der Waals surface area (Å²) in [4.78, 5) is 26.2. The van der Waals surface area contributed by atoms with Crippen LogP contribution in [0, 0.1) is 0 Å². The molecule has 3 N–H and O–H groups in total. The van der Waals surface area contributed by atoms with Gasteiger partial charge in [0.15, 0.2) is 5.71 Å². The number of hydrogen-bond donors (Lipinski definition) is 3. The molecule has 208 valence electrons. The Kier molecular flexibility index (Phi) is 7.00. The van der Waals surface area contributed by atoms with Crippen LogP contribution in [0.1, 0.15) is 46.8 Å². The van der Waals surface area contributed by atoms with E-state index in [1.165, 1.54) is 29.2 Å². The Balaban J connectivity index is 1.55. The van der Waals surface area contributed by atoms with Crippen molar-refractivity contribution in [3.05, 3.63) is 107 Å². The quantitative estimate of drug-likeness (QED) is 0.169. The molecule has 7 nitrogen and oxygen atoms in total. The van der Waals surface area contributed by atoms with E-state index in [1.807, 2.05) is 26.0 Å². The molecule has 0 fully saturated rings. The zero-order valence-electron chi connectivity index (χ0n) is 21.9. The number of benzene rings is 4. The van der Waals surface area contributed by atoms with Crippen molar-refractivity contribution in [2.24, 2.45) is 5.10 Å². The molecule has 41 heavy (non-hydrogen) atoms. The standard InChI is InChI=1S/C31H24F3N3O4/c1-17(2)18-9-12-22(13-10-18)37-26-16-21(31(32,33)34)11-14-24(26)27(29(37)39)36-35-25-8-4-7-23(28(25)38)19-5-3-6-20(15-19)30(40)41/h3-17,35,38H,1-2H3,(H,40,41)/b36-27-. The molecule has 0 radical (unpaired) electrons. The van der Waals surface area contributed by atoms with E-state index in [0.717, 1.165) is 17.7 Å². The van der Waals surface area contributed by atoms with Crippen molar-refractivity contribution >= 4 is 34.7 Å². The molecular weight excluding hydrogens is 535 g/mol. The zero-order valence-corrected chi connectivity index (χ0v) is 21.9. The minimum Gasteiger partial charge on any atom is -0.505 e. The Morgan fingerprint density at radius 2 is 1.63 bits per heavy atom. The molecule has 0 unspecified atom stereocenters. The number of hydrazone groups is 1. The number of nitrogens with zero attached hydrogens (tertiary/aromatic N) is 2. The normalized spacial score (nSPS) is 14.0. The van der Waals surface area contributed by atoms with Crippen LogP contribution in [0.4, 0.5) is 30.2 Å². The van der Waals surface area contributed by atoms with Gasteiger partial charge < -0.3 is 10.2 Å². The number of phenols is 1. The van der Waals surface area contributed by atoms with Gasteiger partial charge in [0.25, 0.3) is 5.91 Å². The van der Waals surface area contributed by atoms with Crippen molar-refractivity contribution in [3.63, 3.8) is 0 Å². The minimum atomic E-state index is -4.62. The monoisotopic (exact) mass is 559 g/mol. The minimum absolute atomic E-state index is 0.0335. The van der Waals surface area contributed by atoms with Crippen LogP contribution in [0.5, 0.6) is 5.75 Å². The first-order valence-electron chi connectivity index (χ1n) is 12.6. The van der Waals surface area contributed by atoms with E-state index >= 15 is 0 Å². The van der Waals surface area contributed by atoms with Gasteiger partial charge in [-0.1, -0.05) is 50.2 Å². The lowest BCUT2D eigenvalue weighted by atomic mass is 10.0. The van der Waals surface area contributed by atoms with E-state index in [9.17, 15) is 33.0 Å². The lowest BCUT2D eigenvalue weighted by molar-refractivity contribution is -0.137. The van der Waals surface area contributed by atoms with Crippen molar-refractivity contribution in [3.8, 4) is 16.9 Å². The third kappa shape index (κ3) is 5.23. The van der Waals surface area contributed by atoms with Crippen LogP contribution >= 0.6 is 0 Å². The number of carbonyl (C=O) groups is 2. The highest BCUT2D eigenvalue weighted by Gasteiger charge is 2.39. The molecule has 0 bridgehead atoms. The third-order valence-corrected chi connectivity index (χ3v) is 6.79. The highest BCUT2D eigenvalue weighted by Crippen LogP contribution is 2.41. The molecule has 10 heteroatoms. The molecule has 5 rings (SSSR count). The third-order valence-electron chi connectivity index (χ3n) is 6.79. The number of aromatic carboxylic acids is 1. The van der Waals surface area contributed by atoms with Gasteiger partial charge in [0.1, 0.15) is 5.75 Å². The van der Waals surface area contributed by atoms with Gasteiger partial charge in [-0.25, -0.2) is 4.79 Å². The molecule has 4 aromatic carbocycles. The summed E-state index contributed by atoms with van der Waals surface area (Å²) in [7, 11) is 0. The van der Waals surface area contributed by atoms with E-state index in [0.29, 0.717) is 16.8 Å². The van der Waals surface area contributed by atoms with Crippen molar-refractivity contribution in [1.82, 2.24) is 0 Å². The molecule has 0 spiro atoms. The number of anilines is 3. The molecule has 1 amide bonds. The van der Waals surface area contributed by atoms with Crippen molar-refractivity contribution in [1.29, 1.82) is 0 Å². The molecule has 0 atom stereocenters. The van der Waals surface area contributed by atoms with Gasteiger partial charge in [-0.3, -0.25) is 15.1 Å². The maximum atomic E-state index is 13.6. The van der Waals surface area contributed by atoms with Gasteiger partial charge >= 0.3 is 12.1 Å². The Morgan fingerprint density at radius 3 is 2.29 bits per heavy atom. The maximum Gasteiger partial charge on any atom is 0.416 e. The zero-order chi connectivity index (χ0) is 29.5. The smallest absolute Gasteiger partial charge is 0.416 e. The number of amides is 1. The second kappa shape index (κ2) is 10.5. The fourth-order valence-corrected chi connectivity index (χ4v) is 4.60. The topological polar surface area (TPSA) is 102 Å². The number of halogens is 3. The van der Waals surface area contributed by atoms with Crippen molar-refractivity contribution < 1.29 is 33.0 Å². The van der Waals surface area contributed by atoms with Gasteiger partial charge in [-0.15, -0.1) is 0 Å². The molecule has 4 aromatic rings. The SMILES string of the molecule is CC(C)c1ccc(N2C(=O)/C(=N\Nc3cccc(-c4cccc(C(=O)O)c4)c3O)c3ccc(C(F)(F)F)cc32)cc1. The Bertz CT molecular complexity index is 1700. The first kappa shape index (κ1) is 27.4. The maximum absolute atomic E-state index is 13.6. The number of rotatable bonds is 6. The first-order valence-corrected chi connectivity index (χ1v) is 12.6. The predicted octanol–water partition coefficient (Wildman–Crippen LogP) is 7.39. The summed E-state index contributed by atoms with van der Waals surface area (Å²) in [6.45, 7) is 4.01. The predicted molar refractivity (Wildman–Crippen MR) is 150 cm³/mol. The number of carboxylic acids is 1. The largest absolute Gasteiger partial charge is 0.505 e. The summed E-state index contributed by atoms with van der Waals surface area (Å²) < 4.78 is 40.7. The highest BCUT2D eigenvalue weighted by molar-refractivity contribution is 6.55. The average molecular weight is 560 g/mol. The van der Waals surface area contributed by atoms with E-state index in [-0.39, 0.29) is 39.9 Å². The second-order valence-electron chi connectivity index (χ2n) is 9.78. The number of hydrogen-bond acceptors (Lipinski definition) is 5. The molecule has 1 aliphatic rings. The van der Waals surface area contributed by atoms with Crippen LogP contribution in [0.3, 0.4) is 0 Å². The molecule has 1 heterocycles. The summed E-state index contributed by atoms with van der Waals surface area (Å²) in [6, 6.07) is 20.7. The van der Waals surface area contributed by atoms with Gasteiger partial charge in [0.2, 0.25) is 0 Å². The van der Waals surface area contributed by atoms with E-state index in [2.05, 4.69) is 10.5 Å². The Hall–Kier alpha value is -5.12. The molecule has 0 saturated heterocycles. The van der Waals surface area contributed by atoms with Gasteiger partial charge in [-0.05, 0) is 65.6 Å². The average Bonchev–Trinajstić information content (AvgIpc) is 3.22. The van der Waals surface area contributed by atoms with Crippen LogP contribution in [-0.2, 0) is 11.0 Å². The van der Waals surface area contributed by atoms with Crippen LogP contribution in [0.2, 0.25) is 0 Å². The summed E-state index contributed by atoms with van der Waals surface area (Å²) in [5.74, 6) is -1.80. The lowest BCUT2D eigenvalue weighted by Crippen LogP contribution is -2.26. The van der Waals surface area contributed by atoms with E-state index < -0.39 is 23.6 Å². The Morgan fingerprint density at radius 1 is 0.927 bits per heavy atom. The number of para-hydroxylation sites is 1. The number of aromatic hydroxyl groups is 1. The van der Waals surface area contributed by atoms with Gasteiger partial charge in [0.05, 0.1) is 22.5 Å². The van der Waals surface area contributed by atoms with E-state index in [1.54, 1.807) is 36.4 Å². The summed E-state index contributed by atoms with van der Waals surface area (Å²) in [5, 5.41) is 24.4. The van der Waals surface area contributed by atoms with Crippen molar-refractivity contribution in [2.45, 2.75) is 25.9 Å². The van der Waals surface area contributed by atoms with Gasteiger partial charge in [0, 0.05) is 16.8 Å². The molecular formula is C31H24F3N3O4. The molecule has 0 aromatic heterocycles. The van der Waals surface area contributed by atoms with E-state index in [4.69, 9.17) is 0 Å². The van der Waals surface area contributed by atoms with Gasteiger partial charge in [-0.2, -0.15) is 18.3 Å². The number of nitrogens with one attached hydrogen (secondary N) is 1. The molecule has 0 aliphatic carbocycles.